The molecule has 0 saturated heterocycles. The molecule has 0 rings (SSSR count). The third-order valence-corrected chi connectivity index (χ3v) is 2.73. The van der Waals surface area contributed by atoms with Gasteiger partial charge < -0.3 is 10.4 Å². The third kappa shape index (κ3) is 6.05. The summed E-state index contributed by atoms with van der Waals surface area (Å²) in [6, 6.07) is 0. The molecule has 2 nitrogen and oxygen atoms in total. The van der Waals surface area contributed by atoms with Crippen LogP contribution in [-0.4, -0.2) is 24.8 Å². The molecular formula is C11H25NO. The van der Waals surface area contributed by atoms with E-state index in [0.29, 0.717) is 17.3 Å². The molecule has 2 N–H and O–H groups in total. The van der Waals surface area contributed by atoms with Gasteiger partial charge in [0.25, 0.3) is 0 Å². The van der Waals surface area contributed by atoms with Crippen LogP contribution in [-0.2, 0) is 0 Å². The molecule has 0 amide bonds. The third-order valence-electron chi connectivity index (χ3n) is 2.73. The van der Waals surface area contributed by atoms with Crippen LogP contribution in [0.25, 0.3) is 0 Å². The summed E-state index contributed by atoms with van der Waals surface area (Å²) < 4.78 is 0. The van der Waals surface area contributed by atoms with Gasteiger partial charge in [0.05, 0.1) is 0 Å². The lowest BCUT2D eigenvalue weighted by Gasteiger charge is -2.27. The lowest BCUT2D eigenvalue weighted by Crippen LogP contribution is -2.32. The molecule has 2 unspecified atom stereocenters. The van der Waals surface area contributed by atoms with Crippen LogP contribution >= 0.6 is 0 Å². The molecular weight excluding hydrogens is 162 g/mol. The van der Waals surface area contributed by atoms with Crippen molar-refractivity contribution in [2.45, 2.75) is 34.6 Å². The second kappa shape index (κ2) is 5.61. The lowest BCUT2D eigenvalue weighted by atomic mass is 9.82. The SMILES string of the molecule is CC(CO)CNCC(C)C(C)(C)C. The van der Waals surface area contributed by atoms with Gasteiger partial charge in [-0.15, -0.1) is 0 Å². The summed E-state index contributed by atoms with van der Waals surface area (Å²) in [6.45, 7) is 13.3. The zero-order valence-corrected chi connectivity index (χ0v) is 9.72. The van der Waals surface area contributed by atoms with Crippen molar-refractivity contribution in [2.24, 2.45) is 17.3 Å². The van der Waals surface area contributed by atoms with Crippen LogP contribution < -0.4 is 5.32 Å². The second-order valence-corrected chi connectivity index (χ2v) is 5.21. The number of rotatable bonds is 5. The van der Waals surface area contributed by atoms with E-state index in [1.807, 2.05) is 0 Å². The second-order valence-electron chi connectivity index (χ2n) is 5.21. The van der Waals surface area contributed by atoms with Crippen LogP contribution in [0.5, 0.6) is 0 Å². The molecule has 0 aromatic carbocycles. The van der Waals surface area contributed by atoms with Gasteiger partial charge >= 0.3 is 0 Å². The summed E-state index contributed by atoms with van der Waals surface area (Å²) in [5.41, 5.74) is 0.370. The zero-order valence-electron chi connectivity index (χ0n) is 9.72. The van der Waals surface area contributed by atoms with E-state index >= 15 is 0 Å². The van der Waals surface area contributed by atoms with E-state index < -0.39 is 0 Å². The molecule has 0 aliphatic heterocycles. The maximum atomic E-state index is 8.82. The Hall–Kier alpha value is -0.0800. The van der Waals surface area contributed by atoms with Crippen molar-refractivity contribution in [3.05, 3.63) is 0 Å². The summed E-state index contributed by atoms with van der Waals surface area (Å²) in [4.78, 5) is 0. The van der Waals surface area contributed by atoms with E-state index in [-0.39, 0.29) is 6.61 Å². The number of aliphatic hydroxyl groups is 1. The smallest absolute Gasteiger partial charge is 0.0468 e. The Balaban J connectivity index is 3.54. The maximum Gasteiger partial charge on any atom is 0.0468 e. The minimum atomic E-state index is 0.275. The fourth-order valence-corrected chi connectivity index (χ4v) is 0.917. The number of hydrogen-bond donors (Lipinski definition) is 2. The largest absolute Gasteiger partial charge is 0.396 e. The van der Waals surface area contributed by atoms with Gasteiger partial charge in [0, 0.05) is 6.61 Å². The fourth-order valence-electron chi connectivity index (χ4n) is 0.917. The first kappa shape index (κ1) is 12.9. The van der Waals surface area contributed by atoms with Crippen LogP contribution in [0.4, 0.5) is 0 Å². The number of hydrogen-bond acceptors (Lipinski definition) is 2. The van der Waals surface area contributed by atoms with Crippen LogP contribution in [0.2, 0.25) is 0 Å². The quantitative estimate of drug-likeness (QED) is 0.689. The van der Waals surface area contributed by atoms with Crippen molar-refractivity contribution in [3.63, 3.8) is 0 Å². The van der Waals surface area contributed by atoms with E-state index in [4.69, 9.17) is 5.11 Å². The van der Waals surface area contributed by atoms with E-state index in [9.17, 15) is 0 Å². The highest BCUT2D eigenvalue weighted by molar-refractivity contribution is 4.72. The van der Waals surface area contributed by atoms with Gasteiger partial charge in [-0.2, -0.15) is 0 Å². The molecule has 0 fully saturated rings. The van der Waals surface area contributed by atoms with Gasteiger partial charge in [-0.3, -0.25) is 0 Å². The summed E-state index contributed by atoms with van der Waals surface area (Å²) in [7, 11) is 0. The summed E-state index contributed by atoms with van der Waals surface area (Å²) in [5.74, 6) is 1.03. The molecule has 0 saturated carbocycles. The van der Waals surface area contributed by atoms with Gasteiger partial charge in [0.2, 0.25) is 0 Å². The van der Waals surface area contributed by atoms with Gasteiger partial charge in [-0.25, -0.2) is 0 Å². The van der Waals surface area contributed by atoms with Gasteiger partial charge in [-0.05, 0) is 30.3 Å². The molecule has 13 heavy (non-hydrogen) atoms. The standard InChI is InChI=1S/C11H25NO/c1-9(8-13)6-12-7-10(2)11(3,4)5/h9-10,12-13H,6-8H2,1-5H3. The molecule has 2 heteroatoms. The van der Waals surface area contributed by atoms with Crippen molar-refractivity contribution < 1.29 is 5.11 Å². The Bertz CT molecular complexity index is 129. The van der Waals surface area contributed by atoms with Gasteiger partial charge in [0.1, 0.15) is 0 Å². The summed E-state index contributed by atoms with van der Waals surface area (Å²) in [6.07, 6.45) is 0. The molecule has 0 aromatic heterocycles. The molecule has 0 heterocycles. The van der Waals surface area contributed by atoms with Crippen molar-refractivity contribution in [3.8, 4) is 0 Å². The zero-order chi connectivity index (χ0) is 10.5. The highest BCUT2D eigenvalue weighted by Gasteiger charge is 2.19. The van der Waals surface area contributed by atoms with Gasteiger partial charge in [-0.1, -0.05) is 34.6 Å². The van der Waals surface area contributed by atoms with E-state index in [2.05, 4.69) is 39.9 Å². The van der Waals surface area contributed by atoms with Crippen molar-refractivity contribution in [2.75, 3.05) is 19.7 Å². The highest BCUT2D eigenvalue weighted by atomic mass is 16.3. The van der Waals surface area contributed by atoms with E-state index in [1.165, 1.54) is 0 Å². The minimum absolute atomic E-state index is 0.275. The van der Waals surface area contributed by atoms with Crippen molar-refractivity contribution in [1.82, 2.24) is 5.32 Å². The van der Waals surface area contributed by atoms with Gasteiger partial charge in [0.15, 0.2) is 0 Å². The van der Waals surface area contributed by atoms with Crippen molar-refractivity contribution >= 4 is 0 Å². The first-order valence-corrected chi connectivity index (χ1v) is 5.19. The fraction of sp³-hybridized carbons (Fsp3) is 1.00. The summed E-state index contributed by atoms with van der Waals surface area (Å²) >= 11 is 0. The van der Waals surface area contributed by atoms with Crippen LogP contribution in [0, 0.1) is 17.3 Å². The molecule has 0 aliphatic carbocycles. The first-order valence-electron chi connectivity index (χ1n) is 5.19. The normalized spacial score (nSPS) is 17.1. The molecule has 0 aliphatic rings. The van der Waals surface area contributed by atoms with E-state index in [0.717, 1.165) is 13.1 Å². The summed E-state index contributed by atoms with van der Waals surface area (Å²) in [5, 5.41) is 12.2. The predicted molar refractivity (Wildman–Crippen MR) is 57.7 cm³/mol. The number of aliphatic hydroxyl groups excluding tert-OH is 1. The van der Waals surface area contributed by atoms with Crippen molar-refractivity contribution in [1.29, 1.82) is 0 Å². The minimum Gasteiger partial charge on any atom is -0.396 e. The van der Waals surface area contributed by atoms with Crippen LogP contribution in [0.1, 0.15) is 34.6 Å². The predicted octanol–water partition coefficient (Wildman–Crippen LogP) is 1.89. The molecule has 0 radical (unpaired) electrons. The Morgan fingerprint density at radius 2 is 1.69 bits per heavy atom. The number of nitrogens with one attached hydrogen (secondary N) is 1. The molecule has 0 bridgehead atoms. The maximum absolute atomic E-state index is 8.82. The van der Waals surface area contributed by atoms with Crippen LogP contribution in [0.15, 0.2) is 0 Å². The Morgan fingerprint density at radius 1 is 1.15 bits per heavy atom. The molecule has 0 aromatic rings. The van der Waals surface area contributed by atoms with Crippen LogP contribution in [0.3, 0.4) is 0 Å². The Labute approximate surface area is 82.7 Å². The monoisotopic (exact) mass is 187 g/mol. The first-order chi connectivity index (χ1) is 5.88. The topological polar surface area (TPSA) is 32.3 Å². The lowest BCUT2D eigenvalue weighted by molar-refractivity contribution is 0.218. The van der Waals surface area contributed by atoms with E-state index in [1.54, 1.807) is 0 Å². The Kier molecular flexibility index (Phi) is 5.57. The molecule has 2 atom stereocenters. The molecule has 80 valence electrons. The average Bonchev–Trinajstić information content (AvgIpc) is 2.02. The molecule has 0 spiro atoms. The average molecular weight is 187 g/mol. The Morgan fingerprint density at radius 3 is 2.08 bits per heavy atom. The highest BCUT2D eigenvalue weighted by Crippen LogP contribution is 2.24.